The number of nitrogens with one attached hydrogen (secondary N) is 1. The summed E-state index contributed by atoms with van der Waals surface area (Å²) < 4.78 is 1.80. The minimum atomic E-state index is -0.955. The van der Waals surface area contributed by atoms with E-state index in [4.69, 9.17) is 0 Å². The largest absolute Gasteiger partial charge is 0.478 e. The number of nitrogens with zero attached hydrogens (tertiary/aromatic N) is 3. The van der Waals surface area contributed by atoms with Gasteiger partial charge in [0.2, 0.25) is 5.95 Å². The highest BCUT2D eigenvalue weighted by atomic mass is 16.4. The van der Waals surface area contributed by atoms with Gasteiger partial charge in [-0.05, 0) is 11.5 Å². The van der Waals surface area contributed by atoms with E-state index in [1.807, 2.05) is 31.3 Å². The number of fused-ring (bicyclic) bond motifs is 1. The molecule has 0 spiro atoms. The summed E-state index contributed by atoms with van der Waals surface area (Å²) in [5, 5.41) is 22.1. The molecule has 6 heteroatoms. The fourth-order valence-electron chi connectivity index (χ4n) is 2.49. The van der Waals surface area contributed by atoms with Gasteiger partial charge in [-0.25, -0.2) is 4.79 Å². The van der Waals surface area contributed by atoms with Crippen molar-refractivity contribution in [3.63, 3.8) is 0 Å². The van der Waals surface area contributed by atoms with Crippen LogP contribution in [0.25, 0.3) is 22.2 Å². The molecule has 0 radical (unpaired) electrons. The predicted molar refractivity (Wildman–Crippen MR) is 80.5 cm³/mol. The van der Waals surface area contributed by atoms with Crippen molar-refractivity contribution in [2.45, 2.75) is 0 Å². The second-order valence-electron chi connectivity index (χ2n) is 4.67. The Balaban J connectivity index is 2.37. The molecule has 0 aliphatic heterocycles. The van der Waals surface area contributed by atoms with Crippen LogP contribution in [0.3, 0.4) is 0 Å². The normalized spacial score (nSPS) is 10.8. The maximum absolute atomic E-state index is 11.5. The summed E-state index contributed by atoms with van der Waals surface area (Å²) in [6.07, 6.45) is 0. The van der Waals surface area contributed by atoms with Crippen LogP contribution in [-0.2, 0) is 7.05 Å². The van der Waals surface area contributed by atoms with Crippen LogP contribution in [0.15, 0.2) is 36.4 Å². The zero-order valence-corrected chi connectivity index (χ0v) is 11.7. The standard InChI is InChI=1S/C15H14N4O2/c1-16-15-18-17-13(19(15)2)10-7-3-5-9-6-4-8-11(12(9)10)14(20)21/h3-8H,1-2H3,(H,16,18)(H,20,21). The van der Waals surface area contributed by atoms with E-state index in [1.54, 1.807) is 23.7 Å². The first-order valence-corrected chi connectivity index (χ1v) is 6.46. The first kappa shape index (κ1) is 13.1. The molecule has 106 valence electrons. The molecule has 0 aliphatic rings. The summed E-state index contributed by atoms with van der Waals surface area (Å²) in [5.41, 5.74) is 1.01. The number of aromatic nitrogens is 3. The van der Waals surface area contributed by atoms with Crippen molar-refractivity contribution >= 4 is 22.7 Å². The third-order valence-electron chi connectivity index (χ3n) is 3.47. The Morgan fingerprint density at radius 3 is 2.52 bits per heavy atom. The molecular formula is C15H14N4O2. The molecule has 0 aliphatic carbocycles. The Labute approximate surface area is 121 Å². The average Bonchev–Trinajstić information content (AvgIpc) is 2.86. The highest BCUT2D eigenvalue weighted by Crippen LogP contribution is 2.30. The lowest BCUT2D eigenvalue weighted by Gasteiger charge is -2.09. The van der Waals surface area contributed by atoms with E-state index in [-0.39, 0.29) is 5.56 Å². The van der Waals surface area contributed by atoms with Crippen LogP contribution < -0.4 is 5.32 Å². The molecule has 0 atom stereocenters. The van der Waals surface area contributed by atoms with Gasteiger partial charge in [0.25, 0.3) is 0 Å². The second-order valence-corrected chi connectivity index (χ2v) is 4.67. The lowest BCUT2D eigenvalue weighted by Crippen LogP contribution is -2.02. The highest BCUT2D eigenvalue weighted by Gasteiger charge is 2.17. The summed E-state index contributed by atoms with van der Waals surface area (Å²) >= 11 is 0. The Morgan fingerprint density at radius 1 is 1.19 bits per heavy atom. The highest BCUT2D eigenvalue weighted by molar-refractivity contribution is 6.09. The van der Waals surface area contributed by atoms with Crippen LogP contribution in [0, 0.1) is 0 Å². The van der Waals surface area contributed by atoms with E-state index in [1.165, 1.54) is 0 Å². The molecule has 3 rings (SSSR count). The monoisotopic (exact) mass is 282 g/mol. The van der Waals surface area contributed by atoms with Crippen molar-refractivity contribution in [3.8, 4) is 11.4 Å². The van der Waals surface area contributed by atoms with Gasteiger partial charge in [-0.15, -0.1) is 10.2 Å². The van der Waals surface area contributed by atoms with Crippen LogP contribution in [0.4, 0.5) is 5.95 Å². The van der Waals surface area contributed by atoms with Gasteiger partial charge in [0.05, 0.1) is 5.56 Å². The number of carbonyl (C=O) groups is 1. The molecule has 0 saturated heterocycles. The number of carboxylic acid groups (broad SMARTS) is 1. The van der Waals surface area contributed by atoms with Gasteiger partial charge in [0.15, 0.2) is 5.82 Å². The van der Waals surface area contributed by atoms with Crippen molar-refractivity contribution in [2.75, 3.05) is 12.4 Å². The second kappa shape index (κ2) is 4.90. The van der Waals surface area contributed by atoms with Crippen molar-refractivity contribution in [1.29, 1.82) is 0 Å². The first-order chi connectivity index (χ1) is 10.1. The van der Waals surface area contributed by atoms with E-state index in [9.17, 15) is 9.90 Å². The number of carboxylic acids is 1. The van der Waals surface area contributed by atoms with E-state index in [0.29, 0.717) is 17.2 Å². The van der Waals surface area contributed by atoms with Gasteiger partial charge in [-0.1, -0.05) is 30.3 Å². The Bertz CT molecular complexity index is 834. The number of hydrogen-bond acceptors (Lipinski definition) is 4. The molecule has 0 fully saturated rings. The summed E-state index contributed by atoms with van der Waals surface area (Å²) in [4.78, 5) is 11.5. The van der Waals surface area contributed by atoms with E-state index in [0.717, 1.165) is 10.9 Å². The summed E-state index contributed by atoms with van der Waals surface area (Å²) in [6.45, 7) is 0. The molecule has 21 heavy (non-hydrogen) atoms. The molecule has 0 saturated carbocycles. The molecule has 6 nitrogen and oxygen atoms in total. The van der Waals surface area contributed by atoms with Crippen molar-refractivity contribution in [2.24, 2.45) is 7.05 Å². The van der Waals surface area contributed by atoms with E-state index < -0.39 is 5.97 Å². The van der Waals surface area contributed by atoms with Crippen LogP contribution in [0.1, 0.15) is 10.4 Å². The average molecular weight is 282 g/mol. The Kier molecular flexibility index (Phi) is 3.06. The molecular weight excluding hydrogens is 268 g/mol. The summed E-state index contributed by atoms with van der Waals surface area (Å²) in [6, 6.07) is 10.9. The number of anilines is 1. The quantitative estimate of drug-likeness (QED) is 0.771. The number of hydrogen-bond donors (Lipinski definition) is 2. The molecule has 3 aromatic rings. The number of aromatic carboxylic acids is 1. The Hall–Kier alpha value is -2.89. The van der Waals surface area contributed by atoms with Gasteiger partial charge in [0, 0.05) is 25.0 Å². The molecule has 1 aromatic heterocycles. The zero-order chi connectivity index (χ0) is 15.0. The van der Waals surface area contributed by atoms with Gasteiger partial charge in [-0.2, -0.15) is 0 Å². The van der Waals surface area contributed by atoms with Gasteiger partial charge < -0.3 is 10.4 Å². The first-order valence-electron chi connectivity index (χ1n) is 6.46. The topological polar surface area (TPSA) is 80.0 Å². The molecule has 2 aromatic carbocycles. The van der Waals surface area contributed by atoms with Crippen LogP contribution in [0.5, 0.6) is 0 Å². The Morgan fingerprint density at radius 2 is 1.90 bits per heavy atom. The molecule has 0 unspecified atom stereocenters. The van der Waals surface area contributed by atoms with Gasteiger partial charge in [0.1, 0.15) is 0 Å². The van der Waals surface area contributed by atoms with Gasteiger partial charge in [-0.3, -0.25) is 4.57 Å². The minimum Gasteiger partial charge on any atom is -0.478 e. The maximum atomic E-state index is 11.5. The summed E-state index contributed by atoms with van der Waals surface area (Å²) in [7, 11) is 3.60. The molecule has 0 amide bonds. The maximum Gasteiger partial charge on any atom is 0.336 e. The fraction of sp³-hybridized carbons (Fsp3) is 0.133. The van der Waals surface area contributed by atoms with Crippen LogP contribution in [0.2, 0.25) is 0 Å². The molecule has 1 heterocycles. The SMILES string of the molecule is CNc1nnc(-c2cccc3cccc(C(=O)O)c23)n1C. The lowest BCUT2D eigenvalue weighted by atomic mass is 9.99. The predicted octanol–water partition coefficient (Wildman–Crippen LogP) is 2.38. The van der Waals surface area contributed by atoms with Crippen LogP contribution >= 0.6 is 0 Å². The lowest BCUT2D eigenvalue weighted by molar-refractivity contribution is 0.0699. The third-order valence-corrected chi connectivity index (χ3v) is 3.47. The van der Waals surface area contributed by atoms with Gasteiger partial charge >= 0.3 is 5.97 Å². The van der Waals surface area contributed by atoms with E-state index in [2.05, 4.69) is 15.5 Å². The van der Waals surface area contributed by atoms with Crippen LogP contribution in [-0.4, -0.2) is 32.9 Å². The molecule has 2 N–H and O–H groups in total. The third kappa shape index (κ3) is 2.01. The fourth-order valence-corrected chi connectivity index (χ4v) is 2.49. The number of benzene rings is 2. The number of rotatable bonds is 3. The van der Waals surface area contributed by atoms with Crippen molar-refractivity contribution < 1.29 is 9.90 Å². The molecule has 0 bridgehead atoms. The zero-order valence-electron chi connectivity index (χ0n) is 11.7. The van der Waals surface area contributed by atoms with Crippen molar-refractivity contribution in [3.05, 3.63) is 42.0 Å². The summed E-state index contributed by atoms with van der Waals surface area (Å²) in [5.74, 6) is 0.289. The minimum absolute atomic E-state index is 0.261. The van der Waals surface area contributed by atoms with Crippen molar-refractivity contribution in [1.82, 2.24) is 14.8 Å². The van der Waals surface area contributed by atoms with E-state index >= 15 is 0 Å². The smallest absolute Gasteiger partial charge is 0.336 e.